The van der Waals surface area contributed by atoms with Crippen LogP contribution in [0.5, 0.6) is 11.5 Å². The Kier molecular flexibility index (Phi) is 7.10. The van der Waals surface area contributed by atoms with Gasteiger partial charge in [-0.2, -0.15) is 4.98 Å². The highest BCUT2D eigenvalue weighted by Gasteiger charge is 2.53. The molecule has 2 bridgehead atoms. The molecule has 0 unspecified atom stereocenters. The Morgan fingerprint density at radius 2 is 1.73 bits per heavy atom. The fourth-order valence-electron chi connectivity index (χ4n) is 6.70. The number of aromatic nitrogens is 3. The molecule has 0 radical (unpaired) electrons. The first-order valence-electron chi connectivity index (χ1n) is 14.8. The predicted molar refractivity (Wildman–Crippen MR) is 151 cm³/mol. The van der Waals surface area contributed by atoms with Crippen molar-refractivity contribution < 1.29 is 46.3 Å². The van der Waals surface area contributed by atoms with E-state index < -0.39 is 17.9 Å². The highest BCUT2D eigenvalue weighted by molar-refractivity contribution is 5.92. The van der Waals surface area contributed by atoms with E-state index in [-0.39, 0.29) is 40.6 Å². The number of carbonyl (C=O) groups is 1. The zero-order chi connectivity index (χ0) is 31.4. The van der Waals surface area contributed by atoms with Gasteiger partial charge in [0.15, 0.2) is 0 Å². The summed E-state index contributed by atoms with van der Waals surface area (Å²) in [7, 11) is 1.41. The fourth-order valence-corrected chi connectivity index (χ4v) is 6.70. The quantitative estimate of drug-likeness (QED) is 0.190. The molecule has 2 heterocycles. The third kappa shape index (κ3) is 5.54. The van der Waals surface area contributed by atoms with E-state index in [1.165, 1.54) is 25.3 Å². The van der Waals surface area contributed by atoms with Crippen LogP contribution in [0.3, 0.4) is 0 Å². The molecule has 13 heteroatoms. The van der Waals surface area contributed by atoms with Gasteiger partial charge >= 0.3 is 12.3 Å². The van der Waals surface area contributed by atoms with Crippen molar-refractivity contribution >= 4 is 5.97 Å². The van der Waals surface area contributed by atoms with Gasteiger partial charge in [0.2, 0.25) is 11.7 Å². The van der Waals surface area contributed by atoms with E-state index in [1.807, 2.05) is 0 Å². The number of carboxylic acid groups (broad SMARTS) is 1. The molecule has 8 rings (SSSR count). The number of hydrogen-bond acceptors (Lipinski definition) is 9. The Hall–Kier alpha value is -4.39. The number of alkyl halides is 3. The number of hydrogen-bond donors (Lipinski definition) is 1. The second kappa shape index (κ2) is 10.9. The van der Waals surface area contributed by atoms with Gasteiger partial charge in [-0.3, -0.25) is 0 Å². The summed E-state index contributed by atoms with van der Waals surface area (Å²) in [6, 6.07) is 10.7. The van der Waals surface area contributed by atoms with Gasteiger partial charge in [0.25, 0.3) is 0 Å². The summed E-state index contributed by atoms with van der Waals surface area (Å²) in [4.78, 5) is 16.4. The largest absolute Gasteiger partial charge is 0.573 e. The van der Waals surface area contributed by atoms with Crippen molar-refractivity contribution in [2.75, 3.05) is 7.11 Å². The molecule has 45 heavy (non-hydrogen) atoms. The second-order valence-electron chi connectivity index (χ2n) is 12.1. The Morgan fingerprint density at radius 3 is 2.40 bits per heavy atom. The summed E-state index contributed by atoms with van der Waals surface area (Å²) in [5.74, 6) is 0.453. The van der Waals surface area contributed by atoms with E-state index >= 15 is 0 Å². The lowest BCUT2D eigenvalue weighted by atomic mass is 9.58. The van der Waals surface area contributed by atoms with Crippen LogP contribution < -0.4 is 9.47 Å². The first kappa shape index (κ1) is 29.3. The summed E-state index contributed by atoms with van der Waals surface area (Å²) in [6.07, 6.45) is 1.49. The lowest BCUT2D eigenvalue weighted by Crippen LogP contribution is -2.49. The second-order valence-corrected chi connectivity index (χ2v) is 12.1. The predicted octanol–water partition coefficient (Wildman–Crippen LogP) is 7.44. The monoisotopic (exact) mass is 625 g/mol. The molecule has 0 atom stereocenters. The van der Waals surface area contributed by atoms with Crippen LogP contribution in [0.1, 0.15) is 84.9 Å². The molecular formula is C32H30F3N3O7. The van der Waals surface area contributed by atoms with Crippen LogP contribution in [0.25, 0.3) is 22.6 Å². The van der Waals surface area contributed by atoms with Gasteiger partial charge in [-0.25, -0.2) is 4.79 Å². The van der Waals surface area contributed by atoms with Crippen molar-refractivity contribution in [2.45, 2.75) is 81.3 Å². The molecule has 4 saturated carbocycles. The molecule has 10 nitrogen and oxygen atoms in total. The zero-order valence-electron chi connectivity index (χ0n) is 24.4. The van der Waals surface area contributed by atoms with Crippen LogP contribution in [0.15, 0.2) is 51.5 Å². The van der Waals surface area contributed by atoms with Gasteiger partial charge in [0.05, 0.1) is 24.7 Å². The Morgan fingerprint density at radius 1 is 1.00 bits per heavy atom. The average Bonchev–Trinajstić information content (AvgIpc) is 3.59. The Bertz CT molecular complexity index is 1720. The molecule has 0 spiro atoms. The summed E-state index contributed by atoms with van der Waals surface area (Å²) < 4.78 is 67.0. The van der Waals surface area contributed by atoms with E-state index in [2.05, 4.69) is 20.0 Å². The normalized spacial score (nSPS) is 22.8. The van der Waals surface area contributed by atoms with Crippen molar-refractivity contribution in [3.8, 4) is 34.1 Å². The Balaban J connectivity index is 1.08. The number of halogens is 3. The molecule has 4 aliphatic carbocycles. The van der Waals surface area contributed by atoms with Gasteiger partial charge < -0.3 is 28.4 Å². The molecule has 0 saturated heterocycles. The highest BCUT2D eigenvalue weighted by Crippen LogP contribution is 2.55. The third-order valence-corrected chi connectivity index (χ3v) is 9.40. The van der Waals surface area contributed by atoms with Gasteiger partial charge in [0.1, 0.15) is 28.5 Å². The molecule has 4 fully saturated rings. The molecule has 0 aliphatic heterocycles. The minimum absolute atomic E-state index is 0.00830. The molecule has 2 aromatic heterocycles. The minimum Gasteiger partial charge on any atom is -0.496 e. The van der Waals surface area contributed by atoms with Crippen LogP contribution in [0.4, 0.5) is 13.2 Å². The Labute approximate surface area is 255 Å². The number of nitrogens with zero attached hydrogens (tertiary/aromatic N) is 3. The van der Waals surface area contributed by atoms with E-state index in [9.17, 15) is 23.1 Å². The number of ether oxygens (including phenoxy) is 3. The molecule has 236 valence electrons. The van der Waals surface area contributed by atoms with Crippen LogP contribution in [-0.4, -0.2) is 45.4 Å². The van der Waals surface area contributed by atoms with Crippen molar-refractivity contribution in [2.24, 2.45) is 0 Å². The maximum atomic E-state index is 13.2. The smallest absolute Gasteiger partial charge is 0.496 e. The number of aromatic carboxylic acids is 1. The van der Waals surface area contributed by atoms with Gasteiger partial charge in [-0.05, 0) is 81.7 Å². The van der Waals surface area contributed by atoms with Crippen molar-refractivity contribution in [3.05, 3.63) is 65.2 Å². The highest BCUT2D eigenvalue weighted by atomic mass is 19.4. The zero-order valence-corrected chi connectivity index (χ0v) is 24.4. The topological polar surface area (TPSA) is 130 Å². The van der Waals surface area contributed by atoms with Crippen molar-refractivity contribution in [1.82, 2.24) is 15.3 Å². The third-order valence-electron chi connectivity index (χ3n) is 9.40. The van der Waals surface area contributed by atoms with Crippen LogP contribution in [0, 0.1) is 0 Å². The molecule has 4 aromatic rings. The summed E-state index contributed by atoms with van der Waals surface area (Å²) >= 11 is 0. The summed E-state index contributed by atoms with van der Waals surface area (Å²) in [5, 5.41) is 17.9. The molecule has 1 N–H and O–H groups in total. The van der Waals surface area contributed by atoms with Gasteiger partial charge in [-0.1, -0.05) is 22.4 Å². The average molecular weight is 626 g/mol. The molecule has 0 amide bonds. The maximum absolute atomic E-state index is 13.2. The van der Waals surface area contributed by atoms with Crippen molar-refractivity contribution in [3.63, 3.8) is 0 Å². The van der Waals surface area contributed by atoms with E-state index in [4.69, 9.17) is 18.5 Å². The standard InChI is InChI=1S/C32H30F3N3O7/c1-41-23-9-8-19(16-21(23)28(39)40)27-36-29(45-38-27)30-10-13-31(14-11-30,15-12-30)42-17-22-25(37-44-26(22)18-6-7-18)20-4-2-3-5-24(20)43-32(33,34)35/h2-5,8-9,16,18H,6-7,10-15,17H2,1H3,(H,39,40). The molecular weight excluding hydrogens is 595 g/mol. The SMILES string of the molecule is COc1ccc(-c2noc(C34CCC(OCc5c(-c6ccccc6OC(F)(F)F)noc5C5CC5)(CC3)CC4)n2)cc1C(=O)O. The fraction of sp³-hybridized carbons (Fsp3) is 0.438. The maximum Gasteiger partial charge on any atom is 0.573 e. The van der Waals surface area contributed by atoms with E-state index in [1.54, 1.807) is 24.3 Å². The van der Waals surface area contributed by atoms with E-state index in [0.717, 1.165) is 51.4 Å². The van der Waals surface area contributed by atoms with Gasteiger partial charge in [-0.15, -0.1) is 13.2 Å². The number of para-hydroxylation sites is 1. The minimum atomic E-state index is -4.85. The van der Waals surface area contributed by atoms with Crippen LogP contribution in [-0.2, 0) is 16.8 Å². The van der Waals surface area contributed by atoms with Gasteiger partial charge in [0, 0.05) is 22.6 Å². The lowest BCUT2D eigenvalue weighted by Gasteiger charge is -2.51. The summed E-state index contributed by atoms with van der Waals surface area (Å²) in [6.45, 7) is 0.159. The number of rotatable bonds is 10. The van der Waals surface area contributed by atoms with E-state index in [0.29, 0.717) is 34.3 Å². The lowest BCUT2D eigenvalue weighted by molar-refractivity contribution is -0.274. The molecule has 4 aliphatic rings. The number of fused-ring (bicyclic) bond motifs is 3. The summed E-state index contributed by atoms with van der Waals surface area (Å²) in [5.41, 5.74) is 0.970. The number of carboxylic acids is 1. The first-order valence-corrected chi connectivity index (χ1v) is 14.8. The number of methoxy groups -OCH3 is 1. The first-order chi connectivity index (χ1) is 21.6. The van der Waals surface area contributed by atoms with Crippen LogP contribution in [0.2, 0.25) is 0 Å². The van der Waals surface area contributed by atoms with Crippen LogP contribution >= 0.6 is 0 Å². The van der Waals surface area contributed by atoms with Crippen molar-refractivity contribution in [1.29, 1.82) is 0 Å². The number of benzene rings is 2. The molecule has 2 aromatic carbocycles.